The van der Waals surface area contributed by atoms with Gasteiger partial charge >= 0.3 is 0 Å². The molecule has 0 aromatic heterocycles. The lowest BCUT2D eigenvalue weighted by atomic mass is 9.78. The summed E-state index contributed by atoms with van der Waals surface area (Å²) >= 11 is 0. The van der Waals surface area contributed by atoms with Crippen molar-refractivity contribution in [3.8, 4) is 6.07 Å². The van der Waals surface area contributed by atoms with E-state index in [2.05, 4.69) is 71.6 Å². The lowest BCUT2D eigenvalue weighted by Gasteiger charge is -2.27. The molecule has 0 saturated carbocycles. The van der Waals surface area contributed by atoms with Crippen LogP contribution in [0.1, 0.15) is 67.2 Å². The molecule has 0 spiro atoms. The van der Waals surface area contributed by atoms with Gasteiger partial charge in [-0.25, -0.2) is 0 Å². The van der Waals surface area contributed by atoms with Crippen molar-refractivity contribution in [1.82, 2.24) is 0 Å². The van der Waals surface area contributed by atoms with Crippen LogP contribution in [-0.2, 0) is 0 Å². The fourth-order valence-electron chi connectivity index (χ4n) is 3.54. The van der Waals surface area contributed by atoms with E-state index < -0.39 is 0 Å². The highest BCUT2D eigenvalue weighted by Crippen LogP contribution is 2.38. The van der Waals surface area contributed by atoms with Crippen LogP contribution in [0.4, 0.5) is 0 Å². The van der Waals surface area contributed by atoms with Gasteiger partial charge in [-0.05, 0) is 80.7 Å². The topological polar surface area (TPSA) is 23.8 Å². The molecule has 0 amide bonds. The Balaban J connectivity index is 3.58. The Morgan fingerprint density at radius 2 is 2.04 bits per heavy atom. The first kappa shape index (κ1) is 22.0. The summed E-state index contributed by atoms with van der Waals surface area (Å²) in [5.41, 5.74) is 7.57. The van der Waals surface area contributed by atoms with Crippen LogP contribution < -0.4 is 0 Å². The number of rotatable bonds is 8. The molecule has 1 rings (SSSR count). The maximum atomic E-state index is 9.28. The van der Waals surface area contributed by atoms with E-state index in [1.54, 1.807) is 0 Å². The number of allylic oxidation sites excluding steroid dienone is 11. The Kier molecular flexibility index (Phi) is 9.14. The second-order valence-corrected chi connectivity index (χ2v) is 7.53. The number of hydrogen-bond acceptors (Lipinski definition) is 1. The molecule has 0 aromatic carbocycles. The smallest absolute Gasteiger partial charge is 0.0944 e. The second-order valence-electron chi connectivity index (χ2n) is 7.53. The Labute approximate surface area is 161 Å². The molecule has 140 valence electrons. The summed E-state index contributed by atoms with van der Waals surface area (Å²) in [6.07, 6.45) is 15.2. The van der Waals surface area contributed by atoms with Crippen molar-refractivity contribution >= 4 is 0 Å². The number of nitriles is 1. The summed E-state index contributed by atoms with van der Waals surface area (Å²) < 4.78 is 0. The van der Waals surface area contributed by atoms with Gasteiger partial charge in [0.1, 0.15) is 0 Å². The fraction of sp³-hybridized carbons (Fsp3) is 0.480. The van der Waals surface area contributed by atoms with Gasteiger partial charge in [-0.1, -0.05) is 50.6 Å². The zero-order chi connectivity index (χ0) is 19.7. The normalized spacial score (nSPS) is 17.9. The minimum atomic E-state index is 0.131. The van der Waals surface area contributed by atoms with E-state index in [1.807, 2.05) is 13.0 Å². The molecule has 1 aliphatic carbocycles. The van der Waals surface area contributed by atoms with Gasteiger partial charge in [-0.15, -0.1) is 6.58 Å². The van der Waals surface area contributed by atoms with Gasteiger partial charge < -0.3 is 0 Å². The molecule has 1 nitrogen and oxygen atoms in total. The Bertz CT molecular complexity index is 699. The molecule has 1 atom stereocenters. The molecule has 0 fully saturated rings. The van der Waals surface area contributed by atoms with E-state index in [1.165, 1.54) is 27.9 Å². The molecular formula is C25H35N. The zero-order valence-electron chi connectivity index (χ0n) is 17.5. The maximum Gasteiger partial charge on any atom is 0.0944 e. The molecule has 0 N–H and O–H groups in total. The quantitative estimate of drug-likeness (QED) is 0.251. The Hall–Kier alpha value is -2.07. The Morgan fingerprint density at radius 1 is 1.35 bits per heavy atom. The van der Waals surface area contributed by atoms with Crippen LogP contribution in [-0.4, -0.2) is 0 Å². The summed E-state index contributed by atoms with van der Waals surface area (Å²) in [5.74, 6) is 0.767. The molecule has 0 bridgehead atoms. The van der Waals surface area contributed by atoms with Crippen molar-refractivity contribution in [2.24, 2.45) is 11.8 Å². The largest absolute Gasteiger partial charge is 0.193 e. The van der Waals surface area contributed by atoms with Gasteiger partial charge in [0, 0.05) is 11.5 Å². The SMILES string of the molecule is C=CC(C1=C(/C(=C/C)CC(C)C)CCC=C1)C(/C=C(\C)C#N)=C(/C)CC. The van der Waals surface area contributed by atoms with E-state index in [0.29, 0.717) is 5.92 Å². The molecule has 0 heterocycles. The zero-order valence-corrected chi connectivity index (χ0v) is 17.5. The van der Waals surface area contributed by atoms with Gasteiger partial charge in [0.2, 0.25) is 0 Å². The summed E-state index contributed by atoms with van der Waals surface area (Å²) in [7, 11) is 0. The van der Waals surface area contributed by atoms with Crippen molar-refractivity contribution < 1.29 is 0 Å². The third-order valence-corrected chi connectivity index (χ3v) is 5.05. The van der Waals surface area contributed by atoms with Gasteiger partial charge in [-0.2, -0.15) is 5.26 Å². The summed E-state index contributed by atoms with van der Waals surface area (Å²) in [5, 5.41) is 9.28. The van der Waals surface area contributed by atoms with Crippen LogP contribution in [0.3, 0.4) is 0 Å². The van der Waals surface area contributed by atoms with Crippen LogP contribution >= 0.6 is 0 Å². The number of hydrogen-bond donors (Lipinski definition) is 0. The second kappa shape index (κ2) is 10.8. The third kappa shape index (κ3) is 5.73. The lowest BCUT2D eigenvalue weighted by molar-refractivity contribution is 0.638. The van der Waals surface area contributed by atoms with Gasteiger partial charge in [-0.3, -0.25) is 0 Å². The Morgan fingerprint density at radius 3 is 2.54 bits per heavy atom. The molecule has 0 aromatic rings. The van der Waals surface area contributed by atoms with Gasteiger partial charge in [0.25, 0.3) is 0 Å². The van der Waals surface area contributed by atoms with Crippen LogP contribution in [0.15, 0.2) is 70.4 Å². The number of nitrogens with zero attached hydrogens (tertiary/aromatic N) is 1. The maximum absolute atomic E-state index is 9.28. The highest BCUT2D eigenvalue weighted by atomic mass is 14.3. The van der Waals surface area contributed by atoms with Crippen LogP contribution in [0, 0.1) is 23.2 Å². The van der Waals surface area contributed by atoms with Crippen molar-refractivity contribution in [1.29, 1.82) is 5.26 Å². The van der Waals surface area contributed by atoms with E-state index in [0.717, 1.165) is 31.3 Å². The fourth-order valence-corrected chi connectivity index (χ4v) is 3.54. The predicted molar refractivity (Wildman–Crippen MR) is 115 cm³/mol. The van der Waals surface area contributed by atoms with Gasteiger partial charge in [0.15, 0.2) is 0 Å². The van der Waals surface area contributed by atoms with E-state index in [9.17, 15) is 5.26 Å². The average Bonchev–Trinajstić information content (AvgIpc) is 2.65. The van der Waals surface area contributed by atoms with Crippen molar-refractivity contribution in [2.75, 3.05) is 0 Å². The van der Waals surface area contributed by atoms with Crippen molar-refractivity contribution in [3.05, 3.63) is 70.4 Å². The monoisotopic (exact) mass is 349 g/mol. The first-order valence-electron chi connectivity index (χ1n) is 9.85. The van der Waals surface area contributed by atoms with Crippen molar-refractivity contribution in [3.63, 3.8) is 0 Å². The van der Waals surface area contributed by atoms with E-state index >= 15 is 0 Å². The molecular weight excluding hydrogens is 314 g/mol. The van der Waals surface area contributed by atoms with E-state index in [4.69, 9.17) is 0 Å². The highest BCUT2D eigenvalue weighted by molar-refractivity contribution is 5.51. The third-order valence-electron chi connectivity index (χ3n) is 5.05. The molecule has 1 aliphatic rings. The molecule has 0 saturated heterocycles. The molecule has 0 aliphatic heterocycles. The molecule has 1 unspecified atom stereocenters. The van der Waals surface area contributed by atoms with Crippen LogP contribution in [0.5, 0.6) is 0 Å². The summed E-state index contributed by atoms with van der Waals surface area (Å²) in [6, 6.07) is 2.27. The van der Waals surface area contributed by atoms with Gasteiger partial charge in [0.05, 0.1) is 6.07 Å². The molecule has 26 heavy (non-hydrogen) atoms. The molecule has 1 heteroatoms. The standard InChI is InChI=1S/C25H35N/c1-8-20(7)25(16-19(6)17-26)22(10-3)24-14-12-11-13-23(24)21(9-2)15-18(4)5/h9-10,12,14,16,18,22H,3,8,11,13,15H2,1-2,4-7H3/b19-16+,21-9+,25-20-. The minimum Gasteiger partial charge on any atom is -0.193 e. The first-order chi connectivity index (χ1) is 12.4. The average molecular weight is 350 g/mol. The predicted octanol–water partition coefficient (Wildman–Crippen LogP) is 7.62. The van der Waals surface area contributed by atoms with Crippen molar-refractivity contribution in [2.45, 2.75) is 67.2 Å². The molecule has 0 radical (unpaired) electrons. The summed E-state index contributed by atoms with van der Waals surface area (Å²) in [4.78, 5) is 0. The first-order valence-corrected chi connectivity index (χ1v) is 9.85. The van der Waals surface area contributed by atoms with Crippen LogP contribution in [0.25, 0.3) is 0 Å². The van der Waals surface area contributed by atoms with E-state index in [-0.39, 0.29) is 5.92 Å². The lowest BCUT2D eigenvalue weighted by Crippen LogP contribution is -2.11. The minimum absolute atomic E-state index is 0.131. The highest BCUT2D eigenvalue weighted by Gasteiger charge is 2.22. The summed E-state index contributed by atoms with van der Waals surface area (Å²) in [6.45, 7) is 17.1. The van der Waals surface area contributed by atoms with Crippen LogP contribution in [0.2, 0.25) is 0 Å².